The van der Waals surface area contributed by atoms with Gasteiger partial charge in [0, 0.05) is 11.6 Å². The SMILES string of the molecule is CC(C)c1cc(OCC(=O)NC23CCC(NC(=O)COc4ccc(Cl)c(F)c4)(CC2)C[C@H]3O)cc(C(C)C)c1. The summed E-state index contributed by atoms with van der Waals surface area (Å²) in [5, 5.41) is 17.1. The number of halogens is 2. The highest BCUT2D eigenvalue weighted by Gasteiger charge is 2.55. The first-order valence-electron chi connectivity index (χ1n) is 13.6. The van der Waals surface area contributed by atoms with E-state index >= 15 is 0 Å². The van der Waals surface area contributed by atoms with Crippen LogP contribution in [0, 0.1) is 5.82 Å². The molecule has 9 heteroatoms. The molecule has 2 bridgehead atoms. The summed E-state index contributed by atoms with van der Waals surface area (Å²) in [6.45, 7) is 8.07. The first-order valence-corrected chi connectivity index (χ1v) is 13.9. The minimum absolute atomic E-state index is 0.0215. The molecule has 3 saturated carbocycles. The molecule has 0 radical (unpaired) electrons. The van der Waals surface area contributed by atoms with Gasteiger partial charge in [0.05, 0.1) is 16.7 Å². The van der Waals surface area contributed by atoms with E-state index < -0.39 is 23.0 Å². The zero-order chi connectivity index (χ0) is 28.4. The largest absolute Gasteiger partial charge is 0.484 e. The Bertz CT molecular complexity index is 1180. The third kappa shape index (κ3) is 6.84. The highest BCUT2D eigenvalue weighted by molar-refractivity contribution is 6.30. The van der Waals surface area contributed by atoms with Gasteiger partial charge in [-0.2, -0.15) is 0 Å². The van der Waals surface area contributed by atoms with Crippen LogP contribution in [0.25, 0.3) is 0 Å². The average Bonchev–Trinajstić information content (AvgIpc) is 2.89. The van der Waals surface area contributed by atoms with Crippen LogP contribution in [0.3, 0.4) is 0 Å². The number of fused-ring (bicyclic) bond motifs is 3. The molecule has 7 nitrogen and oxygen atoms in total. The summed E-state index contributed by atoms with van der Waals surface area (Å²) >= 11 is 5.68. The van der Waals surface area contributed by atoms with Crippen LogP contribution in [-0.4, -0.2) is 47.3 Å². The monoisotopic (exact) mass is 560 g/mol. The first kappa shape index (κ1) is 29.2. The molecule has 1 atom stereocenters. The maximum absolute atomic E-state index is 13.6. The second kappa shape index (κ2) is 11.7. The molecule has 0 saturated heterocycles. The molecule has 3 fully saturated rings. The van der Waals surface area contributed by atoms with Gasteiger partial charge in [0.2, 0.25) is 0 Å². The van der Waals surface area contributed by atoms with Crippen molar-refractivity contribution in [3.63, 3.8) is 0 Å². The summed E-state index contributed by atoms with van der Waals surface area (Å²) in [6.07, 6.45) is 1.80. The standard InChI is InChI=1S/C30H38ClFN2O5/c1-18(2)20-11-21(19(3)4)13-23(12-20)39-17-28(37)34-30-9-7-29(8-10-30,15-26(30)35)33-27(36)16-38-22-5-6-24(31)25(32)14-22/h5-6,11-14,18-19,26,35H,7-10,15-17H2,1-4H3,(H,33,36)(H,34,37)/t26-,29?,30?/m1/s1. The third-order valence-electron chi connectivity index (χ3n) is 8.03. The molecule has 2 aromatic carbocycles. The number of hydrogen-bond acceptors (Lipinski definition) is 5. The van der Waals surface area contributed by atoms with Crippen molar-refractivity contribution in [1.82, 2.24) is 10.6 Å². The first-order chi connectivity index (χ1) is 18.4. The van der Waals surface area contributed by atoms with Crippen molar-refractivity contribution in [2.45, 2.75) is 88.8 Å². The van der Waals surface area contributed by atoms with Gasteiger partial charge in [-0.1, -0.05) is 45.4 Å². The van der Waals surface area contributed by atoms with E-state index in [4.69, 9.17) is 21.1 Å². The van der Waals surface area contributed by atoms with Gasteiger partial charge in [0.1, 0.15) is 17.3 Å². The molecule has 3 aliphatic rings. The van der Waals surface area contributed by atoms with Crippen molar-refractivity contribution in [2.75, 3.05) is 13.2 Å². The molecule has 0 spiro atoms. The van der Waals surface area contributed by atoms with Gasteiger partial charge in [0.25, 0.3) is 11.8 Å². The molecular formula is C30H38ClFN2O5. The highest BCUT2D eigenvalue weighted by Crippen LogP contribution is 2.47. The molecule has 3 N–H and O–H groups in total. The van der Waals surface area contributed by atoms with Crippen LogP contribution in [0.15, 0.2) is 36.4 Å². The van der Waals surface area contributed by atoms with E-state index in [-0.39, 0.29) is 35.8 Å². The Balaban J connectivity index is 1.30. The Kier molecular flexibility index (Phi) is 8.76. The second-order valence-electron chi connectivity index (χ2n) is 11.6. The Morgan fingerprint density at radius 2 is 1.49 bits per heavy atom. The number of nitrogens with one attached hydrogen (secondary N) is 2. The Morgan fingerprint density at radius 1 is 0.923 bits per heavy atom. The molecule has 5 rings (SSSR count). The molecular weight excluding hydrogens is 523 g/mol. The van der Waals surface area contributed by atoms with Gasteiger partial charge in [-0.3, -0.25) is 9.59 Å². The van der Waals surface area contributed by atoms with Crippen molar-refractivity contribution < 1.29 is 28.6 Å². The lowest BCUT2D eigenvalue weighted by molar-refractivity contribution is -0.137. The molecule has 39 heavy (non-hydrogen) atoms. The zero-order valence-corrected chi connectivity index (χ0v) is 23.7. The third-order valence-corrected chi connectivity index (χ3v) is 8.34. The van der Waals surface area contributed by atoms with Crippen LogP contribution in [0.2, 0.25) is 5.02 Å². The smallest absolute Gasteiger partial charge is 0.258 e. The Morgan fingerprint density at radius 3 is 2.03 bits per heavy atom. The van der Waals surface area contributed by atoms with Crippen molar-refractivity contribution in [2.24, 2.45) is 0 Å². The molecule has 212 valence electrons. The van der Waals surface area contributed by atoms with E-state index in [2.05, 4.69) is 44.4 Å². The normalized spacial score (nSPS) is 24.1. The number of aliphatic hydroxyl groups excluding tert-OH is 1. The molecule has 0 heterocycles. The van der Waals surface area contributed by atoms with Crippen LogP contribution in [0.1, 0.15) is 82.8 Å². The number of amides is 2. The lowest BCUT2D eigenvalue weighted by Gasteiger charge is -2.56. The van der Waals surface area contributed by atoms with E-state index in [1.165, 1.54) is 12.1 Å². The van der Waals surface area contributed by atoms with Gasteiger partial charge < -0.3 is 25.2 Å². The van der Waals surface area contributed by atoms with Crippen LogP contribution in [-0.2, 0) is 9.59 Å². The van der Waals surface area contributed by atoms with E-state index in [0.29, 0.717) is 49.7 Å². The van der Waals surface area contributed by atoms with Crippen LogP contribution in [0.4, 0.5) is 4.39 Å². The summed E-state index contributed by atoms with van der Waals surface area (Å²) in [4.78, 5) is 25.5. The quantitative estimate of drug-likeness (QED) is 0.370. The maximum Gasteiger partial charge on any atom is 0.258 e. The molecule has 0 unspecified atom stereocenters. The van der Waals surface area contributed by atoms with Gasteiger partial charge in [-0.15, -0.1) is 0 Å². The van der Waals surface area contributed by atoms with Crippen molar-refractivity contribution in [1.29, 1.82) is 0 Å². The fourth-order valence-electron chi connectivity index (χ4n) is 5.57. The van der Waals surface area contributed by atoms with E-state index in [0.717, 1.165) is 17.2 Å². The maximum atomic E-state index is 13.6. The molecule has 2 amide bonds. The summed E-state index contributed by atoms with van der Waals surface area (Å²) in [6, 6.07) is 10.1. The van der Waals surface area contributed by atoms with Gasteiger partial charge >= 0.3 is 0 Å². The summed E-state index contributed by atoms with van der Waals surface area (Å²) in [7, 11) is 0. The molecule has 2 aromatic rings. The minimum atomic E-state index is -0.813. The van der Waals surface area contributed by atoms with Crippen molar-refractivity contribution in [3.05, 3.63) is 58.4 Å². The fourth-order valence-corrected chi connectivity index (χ4v) is 5.69. The van der Waals surface area contributed by atoms with Crippen LogP contribution in [0.5, 0.6) is 11.5 Å². The summed E-state index contributed by atoms with van der Waals surface area (Å²) in [5.74, 6) is 0.292. The number of carbonyl (C=O) groups excluding carboxylic acids is 2. The lowest BCUT2D eigenvalue weighted by Crippen LogP contribution is -2.70. The average molecular weight is 561 g/mol. The molecule has 3 aliphatic carbocycles. The second-order valence-corrected chi connectivity index (χ2v) is 12.0. The zero-order valence-electron chi connectivity index (χ0n) is 23.0. The fraction of sp³-hybridized carbons (Fsp3) is 0.533. The number of benzene rings is 2. The van der Waals surface area contributed by atoms with Crippen LogP contribution < -0.4 is 20.1 Å². The number of hydrogen-bond donors (Lipinski definition) is 3. The highest BCUT2D eigenvalue weighted by atomic mass is 35.5. The van der Waals surface area contributed by atoms with Gasteiger partial charge in [0.15, 0.2) is 13.2 Å². The lowest BCUT2D eigenvalue weighted by atomic mass is 9.60. The Labute approximate surface area is 234 Å². The van der Waals surface area contributed by atoms with E-state index in [1.54, 1.807) is 0 Å². The van der Waals surface area contributed by atoms with E-state index in [9.17, 15) is 19.1 Å². The topological polar surface area (TPSA) is 96.9 Å². The summed E-state index contributed by atoms with van der Waals surface area (Å²) in [5.41, 5.74) is 1.01. The molecule has 0 aliphatic heterocycles. The van der Waals surface area contributed by atoms with Crippen molar-refractivity contribution >= 4 is 23.4 Å². The predicted molar refractivity (Wildman–Crippen MR) is 148 cm³/mol. The van der Waals surface area contributed by atoms with Gasteiger partial charge in [-0.05, 0) is 79.3 Å². The summed E-state index contributed by atoms with van der Waals surface area (Å²) < 4.78 is 24.9. The Hall–Kier alpha value is -2.84. The van der Waals surface area contributed by atoms with Gasteiger partial charge in [-0.25, -0.2) is 4.39 Å². The van der Waals surface area contributed by atoms with Crippen LogP contribution >= 0.6 is 11.6 Å². The number of carbonyl (C=O) groups is 2. The van der Waals surface area contributed by atoms with E-state index in [1.807, 2.05) is 12.1 Å². The minimum Gasteiger partial charge on any atom is -0.484 e. The predicted octanol–water partition coefficient (Wildman–Crippen LogP) is 5.23. The number of rotatable bonds is 10. The molecule has 0 aromatic heterocycles. The van der Waals surface area contributed by atoms with Crippen molar-refractivity contribution in [3.8, 4) is 11.5 Å². The number of aliphatic hydroxyl groups is 1. The number of ether oxygens (including phenoxy) is 2.